The van der Waals surface area contributed by atoms with E-state index < -0.39 is 0 Å². The molecule has 0 aromatic carbocycles. The van der Waals surface area contributed by atoms with Crippen molar-refractivity contribution in [3.63, 3.8) is 0 Å². The van der Waals surface area contributed by atoms with E-state index in [-0.39, 0.29) is 0 Å². The highest BCUT2D eigenvalue weighted by molar-refractivity contribution is 4.88. The molecule has 0 aliphatic carbocycles. The van der Waals surface area contributed by atoms with Crippen molar-refractivity contribution in [3.05, 3.63) is 0 Å². The quantitative estimate of drug-likeness (QED) is 0.750. The molecule has 2 unspecified atom stereocenters. The zero-order chi connectivity index (χ0) is 11.4. The van der Waals surface area contributed by atoms with Gasteiger partial charge in [0.1, 0.15) is 0 Å². The highest BCUT2D eigenvalue weighted by atomic mass is 15.2. The molecule has 1 aliphatic rings. The minimum absolute atomic E-state index is 0.593. The second-order valence-electron chi connectivity index (χ2n) is 5.22. The van der Waals surface area contributed by atoms with Crippen LogP contribution in [0.4, 0.5) is 0 Å². The van der Waals surface area contributed by atoms with Gasteiger partial charge in [-0.15, -0.1) is 0 Å². The number of hydrogen-bond acceptors (Lipinski definition) is 3. The summed E-state index contributed by atoms with van der Waals surface area (Å²) >= 11 is 0. The first-order valence-electron chi connectivity index (χ1n) is 6.12. The van der Waals surface area contributed by atoms with Gasteiger partial charge >= 0.3 is 0 Å². The van der Waals surface area contributed by atoms with Crippen LogP contribution in [0, 0.1) is 5.92 Å². The Morgan fingerprint density at radius 3 is 2.40 bits per heavy atom. The lowest BCUT2D eigenvalue weighted by molar-refractivity contribution is 0.158. The summed E-state index contributed by atoms with van der Waals surface area (Å²) < 4.78 is 0. The first kappa shape index (κ1) is 12.9. The number of nitrogens with one attached hydrogen (secondary N) is 1. The Bertz CT molecular complexity index is 182. The fourth-order valence-corrected chi connectivity index (χ4v) is 2.66. The van der Waals surface area contributed by atoms with Gasteiger partial charge in [-0.2, -0.15) is 0 Å². The summed E-state index contributed by atoms with van der Waals surface area (Å²) in [6, 6.07) is 1.23. The van der Waals surface area contributed by atoms with Crippen molar-refractivity contribution >= 4 is 0 Å². The van der Waals surface area contributed by atoms with Crippen LogP contribution in [-0.2, 0) is 0 Å². The van der Waals surface area contributed by atoms with Gasteiger partial charge in [-0.1, -0.05) is 13.8 Å². The number of nitrogens with zero attached hydrogens (tertiary/aromatic N) is 2. The fourth-order valence-electron chi connectivity index (χ4n) is 2.66. The molecule has 0 bridgehead atoms. The van der Waals surface area contributed by atoms with E-state index in [1.165, 1.54) is 26.1 Å². The highest BCUT2D eigenvalue weighted by Gasteiger charge is 2.29. The van der Waals surface area contributed by atoms with Crippen LogP contribution in [0.15, 0.2) is 0 Å². The van der Waals surface area contributed by atoms with E-state index in [4.69, 9.17) is 0 Å². The van der Waals surface area contributed by atoms with E-state index in [1.54, 1.807) is 0 Å². The Hall–Kier alpha value is -0.120. The van der Waals surface area contributed by atoms with E-state index in [9.17, 15) is 0 Å². The second-order valence-corrected chi connectivity index (χ2v) is 5.22. The van der Waals surface area contributed by atoms with Crippen LogP contribution < -0.4 is 5.32 Å². The zero-order valence-electron chi connectivity index (χ0n) is 11.0. The topological polar surface area (TPSA) is 18.5 Å². The molecule has 0 aromatic rings. The minimum Gasteiger partial charge on any atom is -0.315 e. The maximum atomic E-state index is 3.48. The first-order valence-corrected chi connectivity index (χ1v) is 6.12. The molecule has 0 radical (unpaired) electrons. The summed E-state index contributed by atoms with van der Waals surface area (Å²) in [7, 11) is 6.58. The minimum atomic E-state index is 0.593. The SMILES string of the molecule is CNC(C(C)C)C1CN(C)CCCN1C. The Morgan fingerprint density at radius 2 is 1.87 bits per heavy atom. The third-order valence-corrected chi connectivity index (χ3v) is 3.58. The van der Waals surface area contributed by atoms with Crippen LogP contribution in [0.3, 0.4) is 0 Å². The molecule has 1 aliphatic heterocycles. The van der Waals surface area contributed by atoms with E-state index in [1.807, 2.05) is 0 Å². The summed E-state index contributed by atoms with van der Waals surface area (Å²) in [6.07, 6.45) is 1.29. The van der Waals surface area contributed by atoms with Crippen molar-refractivity contribution in [2.75, 3.05) is 40.8 Å². The predicted octanol–water partition coefficient (Wildman–Crippen LogP) is 0.866. The normalized spacial score (nSPS) is 28.0. The van der Waals surface area contributed by atoms with Gasteiger partial charge in [0, 0.05) is 18.6 Å². The molecule has 0 aromatic heterocycles. The molecule has 90 valence electrons. The van der Waals surface area contributed by atoms with Crippen LogP contribution in [0.25, 0.3) is 0 Å². The molecule has 1 fully saturated rings. The third kappa shape index (κ3) is 3.44. The first-order chi connectivity index (χ1) is 7.06. The van der Waals surface area contributed by atoms with Crippen molar-refractivity contribution < 1.29 is 0 Å². The molecule has 1 heterocycles. The molecule has 3 heteroatoms. The zero-order valence-corrected chi connectivity index (χ0v) is 11.0. The van der Waals surface area contributed by atoms with Gasteiger partial charge in [0.05, 0.1) is 0 Å². The van der Waals surface area contributed by atoms with Gasteiger partial charge in [-0.3, -0.25) is 0 Å². The number of rotatable bonds is 3. The fraction of sp³-hybridized carbons (Fsp3) is 1.00. The van der Waals surface area contributed by atoms with Crippen molar-refractivity contribution in [1.82, 2.24) is 15.1 Å². The largest absolute Gasteiger partial charge is 0.315 e. The van der Waals surface area contributed by atoms with Crippen LogP contribution in [0.2, 0.25) is 0 Å². The number of likely N-dealkylation sites (N-methyl/N-ethyl adjacent to an activating group) is 3. The molecule has 0 spiro atoms. The predicted molar refractivity (Wildman–Crippen MR) is 66.2 cm³/mol. The van der Waals surface area contributed by atoms with Gasteiger partial charge in [-0.25, -0.2) is 0 Å². The lowest BCUT2D eigenvalue weighted by Gasteiger charge is -2.36. The summed E-state index contributed by atoms with van der Waals surface area (Å²) in [6.45, 7) is 8.25. The van der Waals surface area contributed by atoms with Crippen molar-refractivity contribution in [2.24, 2.45) is 5.92 Å². The van der Waals surface area contributed by atoms with Gasteiger partial charge in [0.25, 0.3) is 0 Å². The van der Waals surface area contributed by atoms with E-state index in [0.29, 0.717) is 18.0 Å². The van der Waals surface area contributed by atoms with Crippen LogP contribution in [-0.4, -0.2) is 62.7 Å². The lowest BCUT2D eigenvalue weighted by Crippen LogP contribution is -2.53. The van der Waals surface area contributed by atoms with Crippen LogP contribution >= 0.6 is 0 Å². The standard InChI is InChI=1S/C12H27N3/c1-10(2)12(13-3)11-9-14(4)7-6-8-15(11)5/h10-13H,6-9H2,1-5H3. The summed E-state index contributed by atoms with van der Waals surface area (Å²) in [5.41, 5.74) is 0. The molecular formula is C12H27N3. The Morgan fingerprint density at radius 1 is 1.20 bits per heavy atom. The van der Waals surface area contributed by atoms with Crippen LogP contribution in [0.1, 0.15) is 20.3 Å². The molecule has 1 N–H and O–H groups in total. The van der Waals surface area contributed by atoms with E-state index >= 15 is 0 Å². The highest BCUT2D eigenvalue weighted by Crippen LogP contribution is 2.15. The molecule has 2 atom stereocenters. The summed E-state index contributed by atoms with van der Waals surface area (Å²) in [5.74, 6) is 0.689. The molecular weight excluding hydrogens is 186 g/mol. The maximum absolute atomic E-state index is 3.48. The average molecular weight is 213 g/mol. The molecule has 1 rings (SSSR count). The monoisotopic (exact) mass is 213 g/mol. The summed E-state index contributed by atoms with van der Waals surface area (Å²) in [5, 5.41) is 3.48. The maximum Gasteiger partial charge on any atom is 0.0375 e. The van der Waals surface area contributed by atoms with Crippen molar-refractivity contribution in [1.29, 1.82) is 0 Å². The molecule has 0 amide bonds. The Kier molecular flexibility index (Phi) is 5.03. The van der Waals surface area contributed by atoms with E-state index in [0.717, 1.165) is 0 Å². The van der Waals surface area contributed by atoms with Crippen LogP contribution in [0.5, 0.6) is 0 Å². The van der Waals surface area contributed by atoms with Gasteiger partial charge in [-0.05, 0) is 46.6 Å². The molecule has 1 saturated heterocycles. The van der Waals surface area contributed by atoms with E-state index in [2.05, 4.69) is 50.1 Å². The Labute approximate surface area is 94.8 Å². The number of hydrogen-bond donors (Lipinski definition) is 1. The lowest BCUT2D eigenvalue weighted by atomic mass is 9.95. The smallest absolute Gasteiger partial charge is 0.0375 e. The summed E-state index contributed by atoms with van der Waals surface area (Å²) in [4.78, 5) is 4.98. The molecule has 15 heavy (non-hydrogen) atoms. The Balaban J connectivity index is 2.69. The molecule has 3 nitrogen and oxygen atoms in total. The van der Waals surface area contributed by atoms with Gasteiger partial charge in [0.15, 0.2) is 0 Å². The van der Waals surface area contributed by atoms with Crippen molar-refractivity contribution in [3.8, 4) is 0 Å². The second kappa shape index (κ2) is 5.83. The third-order valence-electron chi connectivity index (χ3n) is 3.58. The van der Waals surface area contributed by atoms with Gasteiger partial charge in [0.2, 0.25) is 0 Å². The average Bonchev–Trinajstić information content (AvgIpc) is 2.30. The van der Waals surface area contributed by atoms with Gasteiger partial charge < -0.3 is 15.1 Å². The van der Waals surface area contributed by atoms with Crippen molar-refractivity contribution in [2.45, 2.75) is 32.4 Å². The molecule has 0 saturated carbocycles.